The fourth-order valence-electron chi connectivity index (χ4n) is 5.24. The summed E-state index contributed by atoms with van der Waals surface area (Å²) in [6.07, 6.45) is 8.43. The topological polar surface area (TPSA) is 42.3 Å². The van der Waals surface area contributed by atoms with Gasteiger partial charge in [-0.3, -0.25) is 14.5 Å². The van der Waals surface area contributed by atoms with E-state index in [1.165, 1.54) is 42.6 Å². The zero-order valence-electron chi connectivity index (χ0n) is 20.1. The first-order valence-electron chi connectivity index (χ1n) is 12.2. The Morgan fingerprint density at radius 2 is 1.71 bits per heavy atom. The van der Waals surface area contributed by atoms with E-state index in [2.05, 4.69) is 48.7 Å². The molecule has 0 N–H and O–H groups in total. The highest BCUT2D eigenvalue weighted by atomic mass is 35.5. The molecular formula is C29H29ClN2O2S. The second kappa shape index (κ2) is 10.1. The summed E-state index contributed by atoms with van der Waals surface area (Å²) >= 11 is 7.23. The van der Waals surface area contributed by atoms with Crippen molar-refractivity contribution < 1.29 is 9.59 Å². The van der Waals surface area contributed by atoms with Crippen molar-refractivity contribution in [2.45, 2.75) is 58.4 Å². The van der Waals surface area contributed by atoms with Crippen LogP contribution >= 0.6 is 23.4 Å². The lowest BCUT2D eigenvalue weighted by molar-refractivity contribution is -0.123. The summed E-state index contributed by atoms with van der Waals surface area (Å²) in [7, 11) is 0. The third kappa shape index (κ3) is 4.85. The minimum Gasteiger partial charge on any atom is -0.318 e. The standard InChI is InChI=1S/C29H29ClN2O2S/c1-19-16-24(17-27-28(33)31(29(34)35-27)18-23-10-6-7-11-26(23)30)20(2)32(19)25-14-12-22(13-15-25)21-8-4-3-5-9-21/h6-7,10-17,21H,3-5,8-9,18H2,1-2H3/b27-17-. The fraction of sp³-hybridized carbons (Fsp3) is 0.310. The number of nitrogens with zero attached hydrogens (tertiary/aromatic N) is 2. The van der Waals surface area contributed by atoms with E-state index in [0.29, 0.717) is 15.8 Å². The predicted molar refractivity (Wildman–Crippen MR) is 144 cm³/mol. The minimum atomic E-state index is -0.276. The van der Waals surface area contributed by atoms with Gasteiger partial charge in [0.25, 0.3) is 11.1 Å². The van der Waals surface area contributed by atoms with Gasteiger partial charge in [-0.05, 0) is 91.4 Å². The van der Waals surface area contributed by atoms with Crippen molar-refractivity contribution in [3.05, 3.63) is 92.6 Å². The summed E-state index contributed by atoms with van der Waals surface area (Å²) in [5.74, 6) is 0.406. The number of benzene rings is 2. The molecule has 2 heterocycles. The van der Waals surface area contributed by atoms with Crippen LogP contribution in [0.4, 0.5) is 4.79 Å². The lowest BCUT2D eigenvalue weighted by atomic mass is 9.84. The van der Waals surface area contributed by atoms with Gasteiger partial charge in [-0.2, -0.15) is 0 Å². The van der Waals surface area contributed by atoms with E-state index >= 15 is 0 Å². The predicted octanol–water partition coefficient (Wildman–Crippen LogP) is 8.03. The number of hydrogen-bond acceptors (Lipinski definition) is 3. The second-order valence-electron chi connectivity index (χ2n) is 9.45. The molecule has 1 aliphatic heterocycles. The molecule has 0 atom stereocenters. The number of imide groups is 1. The average molecular weight is 505 g/mol. The van der Waals surface area contributed by atoms with Crippen LogP contribution in [0, 0.1) is 13.8 Å². The zero-order chi connectivity index (χ0) is 24.5. The first kappa shape index (κ1) is 24.0. The first-order valence-corrected chi connectivity index (χ1v) is 13.4. The Labute approximate surface area is 216 Å². The number of thioether (sulfide) groups is 1. The molecule has 0 unspecified atom stereocenters. The van der Waals surface area contributed by atoms with E-state index in [-0.39, 0.29) is 17.7 Å². The van der Waals surface area contributed by atoms with E-state index < -0.39 is 0 Å². The van der Waals surface area contributed by atoms with Gasteiger partial charge in [0.2, 0.25) is 0 Å². The smallest absolute Gasteiger partial charge is 0.293 e. The van der Waals surface area contributed by atoms with Crippen LogP contribution in [-0.4, -0.2) is 20.6 Å². The highest BCUT2D eigenvalue weighted by molar-refractivity contribution is 8.18. The molecule has 1 saturated carbocycles. The maximum atomic E-state index is 13.1. The van der Waals surface area contributed by atoms with Crippen molar-refractivity contribution in [2.75, 3.05) is 0 Å². The van der Waals surface area contributed by atoms with Gasteiger partial charge in [-0.25, -0.2) is 0 Å². The van der Waals surface area contributed by atoms with Gasteiger partial charge >= 0.3 is 0 Å². The van der Waals surface area contributed by atoms with Crippen LogP contribution in [0.5, 0.6) is 0 Å². The van der Waals surface area contributed by atoms with Crippen molar-refractivity contribution in [3.8, 4) is 5.69 Å². The molecule has 5 rings (SSSR count). The molecule has 1 saturated heterocycles. The molecule has 35 heavy (non-hydrogen) atoms. The molecule has 3 aromatic rings. The number of carbonyl (C=O) groups is 2. The van der Waals surface area contributed by atoms with E-state index in [1.54, 1.807) is 6.07 Å². The van der Waals surface area contributed by atoms with Gasteiger partial charge in [-0.1, -0.05) is 61.2 Å². The number of hydrogen-bond donors (Lipinski definition) is 0. The summed E-state index contributed by atoms with van der Waals surface area (Å²) in [5, 5.41) is 0.279. The van der Waals surface area contributed by atoms with Crippen molar-refractivity contribution >= 4 is 40.6 Å². The van der Waals surface area contributed by atoms with Gasteiger partial charge in [0.1, 0.15) is 0 Å². The van der Waals surface area contributed by atoms with E-state index in [4.69, 9.17) is 11.6 Å². The molecule has 2 amide bonds. The third-order valence-electron chi connectivity index (χ3n) is 7.14. The number of aryl methyl sites for hydroxylation is 1. The van der Waals surface area contributed by atoms with Crippen LogP contribution in [0.2, 0.25) is 5.02 Å². The fourth-order valence-corrected chi connectivity index (χ4v) is 6.26. The van der Waals surface area contributed by atoms with Crippen LogP contribution in [0.25, 0.3) is 11.8 Å². The van der Waals surface area contributed by atoms with Crippen molar-refractivity contribution in [1.29, 1.82) is 0 Å². The van der Waals surface area contributed by atoms with Crippen molar-refractivity contribution in [2.24, 2.45) is 0 Å². The maximum absolute atomic E-state index is 13.1. The molecule has 0 spiro atoms. The van der Waals surface area contributed by atoms with Gasteiger partial charge in [0, 0.05) is 22.1 Å². The van der Waals surface area contributed by atoms with Crippen molar-refractivity contribution in [1.82, 2.24) is 9.47 Å². The summed E-state index contributed by atoms with van der Waals surface area (Å²) in [6, 6.07) is 18.3. The van der Waals surface area contributed by atoms with Gasteiger partial charge in [0.05, 0.1) is 11.4 Å². The zero-order valence-corrected chi connectivity index (χ0v) is 21.7. The summed E-state index contributed by atoms with van der Waals surface area (Å²) in [6.45, 7) is 4.30. The number of carbonyl (C=O) groups excluding carboxylic acids is 2. The van der Waals surface area contributed by atoms with Gasteiger partial charge in [0.15, 0.2) is 0 Å². The van der Waals surface area contributed by atoms with Crippen LogP contribution < -0.4 is 0 Å². The SMILES string of the molecule is Cc1cc(/C=C2\SC(=O)N(Cc3ccccc3Cl)C2=O)c(C)n1-c1ccc(C2CCCCC2)cc1. The molecule has 180 valence electrons. The van der Waals surface area contributed by atoms with E-state index in [1.807, 2.05) is 24.3 Å². The third-order valence-corrected chi connectivity index (χ3v) is 8.42. The number of aromatic nitrogens is 1. The Morgan fingerprint density at radius 1 is 1.00 bits per heavy atom. The molecule has 2 aromatic carbocycles. The summed E-state index contributed by atoms with van der Waals surface area (Å²) < 4.78 is 2.21. The maximum Gasteiger partial charge on any atom is 0.293 e. The monoisotopic (exact) mass is 504 g/mol. The van der Waals surface area contributed by atoms with Crippen LogP contribution in [0.1, 0.15) is 66.1 Å². The molecular weight excluding hydrogens is 476 g/mol. The van der Waals surface area contributed by atoms with E-state index in [0.717, 1.165) is 40.0 Å². The summed E-state index contributed by atoms with van der Waals surface area (Å²) in [4.78, 5) is 27.4. The lowest BCUT2D eigenvalue weighted by Gasteiger charge is -2.22. The Kier molecular flexibility index (Phi) is 6.90. The Morgan fingerprint density at radius 3 is 2.43 bits per heavy atom. The van der Waals surface area contributed by atoms with Gasteiger partial charge < -0.3 is 4.57 Å². The molecule has 1 aromatic heterocycles. The Balaban J connectivity index is 1.38. The van der Waals surface area contributed by atoms with Crippen molar-refractivity contribution in [3.63, 3.8) is 0 Å². The Bertz CT molecular complexity index is 1300. The highest BCUT2D eigenvalue weighted by Gasteiger charge is 2.35. The molecule has 4 nitrogen and oxygen atoms in total. The number of halogens is 1. The normalized spacial score (nSPS) is 18.1. The molecule has 0 bridgehead atoms. The molecule has 2 aliphatic rings. The number of amides is 2. The lowest BCUT2D eigenvalue weighted by Crippen LogP contribution is -2.27. The molecule has 2 fully saturated rings. The van der Waals surface area contributed by atoms with E-state index in [9.17, 15) is 9.59 Å². The van der Waals surface area contributed by atoms with Gasteiger partial charge in [-0.15, -0.1) is 0 Å². The average Bonchev–Trinajstić information content (AvgIpc) is 3.30. The van der Waals surface area contributed by atoms with Crippen LogP contribution in [0.15, 0.2) is 59.5 Å². The molecule has 0 radical (unpaired) electrons. The first-order chi connectivity index (χ1) is 16.9. The second-order valence-corrected chi connectivity index (χ2v) is 10.8. The largest absolute Gasteiger partial charge is 0.318 e. The minimum absolute atomic E-state index is 0.175. The van der Waals surface area contributed by atoms with Crippen LogP contribution in [0.3, 0.4) is 0 Å². The quantitative estimate of drug-likeness (QED) is 0.330. The summed E-state index contributed by atoms with van der Waals surface area (Å²) in [5.41, 5.74) is 6.39. The molecule has 1 aliphatic carbocycles. The Hall–Kier alpha value is -2.76. The molecule has 6 heteroatoms. The number of rotatable bonds is 5. The highest BCUT2D eigenvalue weighted by Crippen LogP contribution is 2.36. The van der Waals surface area contributed by atoms with Crippen LogP contribution in [-0.2, 0) is 11.3 Å².